The molecule has 3 aromatic carbocycles. The molecule has 0 unspecified atom stereocenters. The number of nitrogens with zero attached hydrogens (tertiary/aromatic N) is 2. The van der Waals surface area contributed by atoms with Gasteiger partial charge in [0.2, 0.25) is 6.79 Å². The maximum atomic E-state index is 14.3. The summed E-state index contributed by atoms with van der Waals surface area (Å²) in [5.41, 5.74) is 2.28. The zero-order valence-electron chi connectivity index (χ0n) is 24.0. The second kappa shape index (κ2) is 11.5. The van der Waals surface area contributed by atoms with Crippen LogP contribution in [0.5, 0.6) is 17.2 Å². The number of thiazole rings is 1. The molecule has 0 spiro atoms. The molecule has 2 aliphatic rings. The van der Waals surface area contributed by atoms with Gasteiger partial charge in [-0.3, -0.25) is 9.36 Å². The van der Waals surface area contributed by atoms with Crippen LogP contribution in [0.25, 0.3) is 16.8 Å². The summed E-state index contributed by atoms with van der Waals surface area (Å²) in [6.07, 6.45) is 3.18. The van der Waals surface area contributed by atoms with Crippen molar-refractivity contribution in [2.45, 2.75) is 52.7 Å². The molecule has 9 heteroatoms. The summed E-state index contributed by atoms with van der Waals surface area (Å²) >= 11 is 1.30. The molecule has 6 rings (SSSR count). The summed E-state index contributed by atoms with van der Waals surface area (Å²) in [5, 5.41) is 2.02. The third kappa shape index (κ3) is 4.98. The molecule has 2 aliphatic heterocycles. The minimum absolute atomic E-state index is 0.0470. The quantitative estimate of drug-likeness (QED) is 0.263. The Kier molecular flexibility index (Phi) is 7.60. The van der Waals surface area contributed by atoms with E-state index in [0.717, 1.165) is 22.8 Å². The van der Waals surface area contributed by atoms with Crippen LogP contribution in [0.1, 0.15) is 57.7 Å². The van der Waals surface area contributed by atoms with E-state index in [0.29, 0.717) is 49.8 Å². The SMILES string of the molecule is CCCC1=C(C(=O)OCC)[C@H](c2ccc3c(c2)OCO3)n2c(s/c(=C\c3c(OC(C)C)ccc4ccccc34)c2=O)=N1. The maximum Gasteiger partial charge on any atom is 0.338 e. The average Bonchev–Trinajstić information content (AvgIpc) is 3.57. The zero-order chi connectivity index (χ0) is 29.4. The fourth-order valence-corrected chi connectivity index (χ4v) is 6.43. The number of allylic oxidation sites excluding steroid dienone is 1. The van der Waals surface area contributed by atoms with E-state index in [-0.39, 0.29) is 25.1 Å². The Balaban J connectivity index is 1.62. The molecule has 1 atom stereocenters. The number of carbonyl (C=O) groups is 1. The van der Waals surface area contributed by atoms with E-state index < -0.39 is 12.0 Å². The highest BCUT2D eigenvalue weighted by molar-refractivity contribution is 7.07. The van der Waals surface area contributed by atoms with Crippen molar-refractivity contribution in [1.29, 1.82) is 0 Å². The molecule has 0 fully saturated rings. The van der Waals surface area contributed by atoms with Gasteiger partial charge < -0.3 is 18.9 Å². The van der Waals surface area contributed by atoms with Crippen LogP contribution in [-0.4, -0.2) is 30.0 Å². The van der Waals surface area contributed by atoms with Crippen LogP contribution >= 0.6 is 11.3 Å². The molecule has 0 radical (unpaired) electrons. The van der Waals surface area contributed by atoms with Crippen molar-refractivity contribution in [3.05, 3.63) is 96.7 Å². The summed E-state index contributed by atoms with van der Waals surface area (Å²) < 4.78 is 25.0. The number of fused-ring (bicyclic) bond motifs is 3. The van der Waals surface area contributed by atoms with Crippen molar-refractivity contribution in [2.75, 3.05) is 13.4 Å². The van der Waals surface area contributed by atoms with Gasteiger partial charge in [-0.2, -0.15) is 0 Å². The third-order valence-electron chi connectivity index (χ3n) is 7.17. The molecule has 1 aromatic heterocycles. The third-order valence-corrected chi connectivity index (χ3v) is 8.16. The normalized spacial score (nSPS) is 16.1. The lowest BCUT2D eigenvalue weighted by molar-refractivity contribution is -0.139. The van der Waals surface area contributed by atoms with Crippen LogP contribution in [0, 0.1) is 0 Å². The van der Waals surface area contributed by atoms with Crippen molar-refractivity contribution in [3.63, 3.8) is 0 Å². The molecular formula is C33H32N2O6S. The van der Waals surface area contributed by atoms with Gasteiger partial charge >= 0.3 is 5.97 Å². The number of hydrogen-bond donors (Lipinski definition) is 0. The van der Waals surface area contributed by atoms with E-state index in [1.807, 2.05) is 75.4 Å². The summed E-state index contributed by atoms with van der Waals surface area (Å²) in [6, 6.07) is 16.8. The van der Waals surface area contributed by atoms with Gasteiger partial charge in [0.1, 0.15) is 5.75 Å². The van der Waals surface area contributed by atoms with Gasteiger partial charge in [-0.05, 0) is 67.8 Å². The summed E-state index contributed by atoms with van der Waals surface area (Å²) in [5.74, 6) is 1.40. The Hall–Kier alpha value is -4.37. The summed E-state index contributed by atoms with van der Waals surface area (Å²) in [6.45, 7) is 8.08. The number of rotatable bonds is 8. The molecule has 3 heterocycles. The number of aromatic nitrogens is 1. The Morgan fingerprint density at radius 1 is 1.12 bits per heavy atom. The van der Waals surface area contributed by atoms with Gasteiger partial charge in [0, 0.05) is 5.56 Å². The summed E-state index contributed by atoms with van der Waals surface area (Å²) in [4.78, 5) is 33.2. The Morgan fingerprint density at radius 3 is 2.71 bits per heavy atom. The number of carbonyl (C=O) groups excluding carboxylic acids is 1. The van der Waals surface area contributed by atoms with Gasteiger partial charge in [0.15, 0.2) is 16.3 Å². The fraction of sp³-hybridized carbons (Fsp3) is 0.303. The van der Waals surface area contributed by atoms with Crippen molar-refractivity contribution in [3.8, 4) is 17.2 Å². The van der Waals surface area contributed by atoms with Crippen LogP contribution in [-0.2, 0) is 9.53 Å². The first kappa shape index (κ1) is 27.8. The van der Waals surface area contributed by atoms with Gasteiger partial charge in [0.05, 0.1) is 34.6 Å². The largest absolute Gasteiger partial charge is 0.490 e. The number of esters is 1. The zero-order valence-corrected chi connectivity index (χ0v) is 24.8. The summed E-state index contributed by atoms with van der Waals surface area (Å²) in [7, 11) is 0. The highest BCUT2D eigenvalue weighted by Crippen LogP contribution is 2.39. The molecule has 0 saturated carbocycles. The molecule has 0 bridgehead atoms. The lowest BCUT2D eigenvalue weighted by Gasteiger charge is -2.25. The molecule has 0 N–H and O–H groups in total. The topological polar surface area (TPSA) is 88.4 Å². The predicted molar refractivity (Wildman–Crippen MR) is 162 cm³/mol. The van der Waals surface area contributed by atoms with Crippen molar-refractivity contribution < 1.29 is 23.7 Å². The molecule has 216 valence electrons. The second-order valence-corrected chi connectivity index (χ2v) is 11.4. The van der Waals surface area contributed by atoms with E-state index in [1.54, 1.807) is 17.6 Å². The molecule has 0 aliphatic carbocycles. The Labute approximate surface area is 247 Å². The minimum atomic E-state index is -0.739. The molecule has 8 nitrogen and oxygen atoms in total. The highest BCUT2D eigenvalue weighted by Gasteiger charge is 2.35. The van der Waals surface area contributed by atoms with Gasteiger partial charge in [-0.1, -0.05) is 61.1 Å². The fourth-order valence-electron chi connectivity index (χ4n) is 5.43. The number of hydrogen-bond acceptors (Lipinski definition) is 8. The van der Waals surface area contributed by atoms with Crippen LogP contribution < -0.4 is 29.1 Å². The molecule has 42 heavy (non-hydrogen) atoms. The highest BCUT2D eigenvalue weighted by atomic mass is 32.1. The first-order valence-electron chi connectivity index (χ1n) is 14.2. The van der Waals surface area contributed by atoms with Crippen molar-refractivity contribution in [2.24, 2.45) is 4.99 Å². The number of benzene rings is 3. The van der Waals surface area contributed by atoms with Crippen molar-refractivity contribution >= 4 is 34.2 Å². The monoisotopic (exact) mass is 584 g/mol. The van der Waals surface area contributed by atoms with Gasteiger partial charge in [-0.25, -0.2) is 9.79 Å². The van der Waals surface area contributed by atoms with E-state index in [9.17, 15) is 9.59 Å². The van der Waals surface area contributed by atoms with E-state index in [2.05, 4.69) is 0 Å². The van der Waals surface area contributed by atoms with E-state index >= 15 is 0 Å². The standard InChI is InChI=1S/C33H32N2O6S/c1-5-9-24-29(32(37)38-6-2)30(21-13-15-26-27(16-21)40-18-39-26)35-31(36)28(42-33(35)34-24)17-23-22-11-8-7-10-20(22)12-14-25(23)41-19(3)4/h7-8,10-17,19,30H,5-6,9,18H2,1-4H3/b28-17-/t30-/m0/s1. The predicted octanol–water partition coefficient (Wildman–Crippen LogP) is 5.25. The second-order valence-electron chi connectivity index (χ2n) is 10.4. The molecule has 0 saturated heterocycles. The molecular weight excluding hydrogens is 552 g/mol. The lowest BCUT2D eigenvalue weighted by Crippen LogP contribution is -2.40. The Bertz CT molecular complexity index is 1900. The Morgan fingerprint density at radius 2 is 1.93 bits per heavy atom. The first-order valence-corrected chi connectivity index (χ1v) is 15.0. The van der Waals surface area contributed by atoms with Crippen LogP contribution in [0.15, 0.2) is 75.7 Å². The van der Waals surface area contributed by atoms with E-state index in [4.69, 9.17) is 23.9 Å². The van der Waals surface area contributed by atoms with E-state index in [1.165, 1.54) is 11.3 Å². The van der Waals surface area contributed by atoms with Gasteiger partial charge in [0.25, 0.3) is 5.56 Å². The molecule has 4 aromatic rings. The van der Waals surface area contributed by atoms with Gasteiger partial charge in [-0.15, -0.1) is 0 Å². The average molecular weight is 585 g/mol. The first-order chi connectivity index (χ1) is 20.4. The minimum Gasteiger partial charge on any atom is -0.490 e. The smallest absolute Gasteiger partial charge is 0.338 e. The maximum absolute atomic E-state index is 14.3. The van der Waals surface area contributed by atoms with Crippen LogP contribution in [0.3, 0.4) is 0 Å². The molecule has 0 amide bonds. The van der Waals surface area contributed by atoms with Crippen LogP contribution in [0.2, 0.25) is 0 Å². The van der Waals surface area contributed by atoms with Crippen LogP contribution in [0.4, 0.5) is 0 Å². The van der Waals surface area contributed by atoms with Crippen molar-refractivity contribution in [1.82, 2.24) is 4.57 Å². The lowest BCUT2D eigenvalue weighted by atomic mass is 9.94. The number of ether oxygens (including phenoxy) is 4.